The van der Waals surface area contributed by atoms with Gasteiger partial charge in [-0.2, -0.15) is 38.7 Å². The van der Waals surface area contributed by atoms with E-state index in [0.29, 0.717) is 70.3 Å². The van der Waals surface area contributed by atoms with E-state index in [2.05, 4.69) is 44.1 Å². The molecule has 0 saturated carbocycles. The van der Waals surface area contributed by atoms with Crippen molar-refractivity contribution in [3.8, 4) is 28.9 Å². The first kappa shape index (κ1) is 112. The van der Waals surface area contributed by atoms with Crippen molar-refractivity contribution in [1.82, 2.24) is 58.6 Å². The summed E-state index contributed by atoms with van der Waals surface area (Å²) < 4.78 is 150. The minimum atomic E-state index is -4.35. The number of hydrogen-bond donors (Lipinski definition) is 4. The largest absolute Gasteiger partial charge is 1.00 e. The summed E-state index contributed by atoms with van der Waals surface area (Å²) in [6.45, 7) is 20.7. The Morgan fingerprint density at radius 1 is 0.504 bits per heavy atom. The van der Waals surface area contributed by atoms with E-state index in [0.717, 1.165) is 38.7 Å². The number of rotatable bonds is 26. The van der Waals surface area contributed by atoms with Gasteiger partial charge in [0, 0.05) is 47.9 Å². The molecule has 4 N–H and O–H groups in total. The number of aliphatic hydroxyl groups is 1. The predicted molar refractivity (Wildman–Crippen MR) is 423 cm³/mol. The van der Waals surface area contributed by atoms with Crippen LogP contribution in [0.3, 0.4) is 0 Å². The van der Waals surface area contributed by atoms with Crippen LogP contribution in [0.15, 0.2) is 14.4 Å². The smallest absolute Gasteiger partial charge is 1.00 e. The monoisotopic (exact) mass is 1830 g/mol. The Morgan fingerprint density at radius 3 is 1.29 bits per heavy atom. The van der Waals surface area contributed by atoms with Gasteiger partial charge in [-0.05, 0) is 160 Å². The van der Waals surface area contributed by atoms with Crippen LogP contribution in [-0.4, -0.2) is 266 Å². The van der Waals surface area contributed by atoms with Gasteiger partial charge in [0.05, 0.1) is 83.1 Å². The molecule has 0 aliphatic carbocycles. The third-order valence-corrected chi connectivity index (χ3v) is 18.2. The summed E-state index contributed by atoms with van der Waals surface area (Å²) in [5.74, 6) is -9.54. The van der Waals surface area contributed by atoms with Crippen LogP contribution in [0, 0.1) is 0 Å². The number of methoxy groups -OCH3 is 3. The number of ether oxygens (including phenoxy) is 7. The average Bonchev–Trinajstić information content (AvgIpc) is 1.10. The number of carboxylic acid groups (broad SMARTS) is 1. The molecule has 4 atom stereocenters. The van der Waals surface area contributed by atoms with Crippen molar-refractivity contribution in [2.24, 2.45) is 0 Å². The molecule has 2 aliphatic rings. The number of aromatic nitrogens is 8. The van der Waals surface area contributed by atoms with Gasteiger partial charge in [0.15, 0.2) is 22.9 Å². The first-order valence-electron chi connectivity index (χ1n) is 37.0. The summed E-state index contributed by atoms with van der Waals surface area (Å²) in [5.41, 5.74) is -8.40. The summed E-state index contributed by atoms with van der Waals surface area (Å²) in [4.78, 5) is 163. The first-order valence-corrected chi connectivity index (χ1v) is 44.2. The van der Waals surface area contributed by atoms with E-state index in [1.165, 1.54) is 52.0 Å². The second-order valence-corrected chi connectivity index (χ2v) is 37.6. The van der Waals surface area contributed by atoms with Crippen molar-refractivity contribution in [3.63, 3.8) is 0 Å². The Labute approximate surface area is 748 Å². The molecule has 46 nitrogen and oxygen atoms in total. The maximum absolute atomic E-state index is 13.0. The summed E-state index contributed by atoms with van der Waals surface area (Å²) in [7, 11) is -7.54. The number of fused-ring (bicyclic) bond motifs is 2. The van der Waals surface area contributed by atoms with E-state index in [4.69, 9.17) is 40.8 Å². The number of carboxylic acids is 1. The Hall–Kier alpha value is -9.00. The number of carbonyl (C=O) groups excluding carboxylic acids is 8. The third kappa shape index (κ3) is 36.2. The fraction of sp³-hybridized carbons (Fsp3) is 0.662. The number of aromatic hydroxyl groups is 2. The van der Waals surface area contributed by atoms with E-state index in [-0.39, 0.29) is 119 Å². The number of esters is 3. The van der Waals surface area contributed by atoms with Crippen molar-refractivity contribution in [3.05, 3.63) is 77.1 Å². The van der Waals surface area contributed by atoms with E-state index >= 15 is 0 Å². The molecule has 0 fully saturated rings. The molecule has 0 saturated heterocycles. The quantitative estimate of drug-likeness (QED) is 0.0179. The normalized spacial score (nSPS) is 14.6. The first-order chi connectivity index (χ1) is 55.3. The number of carbonyl (C=O) groups is 8. The maximum Gasteiger partial charge on any atom is 1.00 e. The Bertz CT molecular complexity index is 5090. The topological polar surface area (TPSA) is 613 Å². The SMILES string of the molecule is CN(C(=O)OC(C)(C)C)C1CCCCn2c1nc(C(=O)[O-])c(O)c2=O.COC(=O)c1nc(C(CCCCO)N(C)C(=O)OC(C)(C)C)[nH]c(=O)c1O.COC(=O)c1nc(C(CCCCOS(C)(=O)=O)N(C)C(=O)OC(C)(C)C)nc(OS(C)(=O)=O)c1OS(C)(=O)=O.COC(=O)c1nc2n(c(=O)c1OS(C)(=O)=O)CCCCC2N(C)C(=O)OC(C)(C)C.[H-].[Li+].[Na+]. The van der Waals surface area contributed by atoms with Crippen LogP contribution in [0.1, 0.15) is 251 Å². The molecular weight excluding hydrogens is 1720 g/mol. The zero-order valence-electron chi connectivity index (χ0n) is 74.7. The van der Waals surface area contributed by atoms with Crippen LogP contribution in [0.5, 0.6) is 28.9 Å². The molecule has 4 unspecified atom stereocenters. The summed E-state index contributed by atoms with van der Waals surface area (Å²) in [6, 6.07) is -3.19. The molecule has 4 aromatic heterocycles. The number of aromatic carboxylic acids is 1. The van der Waals surface area contributed by atoms with Gasteiger partial charge in [-0.3, -0.25) is 27.7 Å². The van der Waals surface area contributed by atoms with Crippen LogP contribution in [0.2, 0.25) is 0 Å². The molecule has 4 aromatic rings. The maximum atomic E-state index is 13.0. The Morgan fingerprint density at radius 2 is 0.886 bits per heavy atom. The molecule has 6 heterocycles. The van der Waals surface area contributed by atoms with Crippen molar-refractivity contribution in [2.75, 3.05) is 87.8 Å². The summed E-state index contributed by atoms with van der Waals surface area (Å²) in [5, 5.41) is 39.7. The van der Waals surface area contributed by atoms with E-state index in [9.17, 15) is 102 Å². The minimum absolute atomic E-state index is 0. The molecule has 0 aromatic carbocycles. The summed E-state index contributed by atoms with van der Waals surface area (Å²) in [6.07, 6.45) is 5.54. The molecule has 0 bridgehead atoms. The van der Waals surface area contributed by atoms with Gasteiger partial charge in [0.25, 0.3) is 32.7 Å². The zero-order chi connectivity index (χ0) is 93.0. The van der Waals surface area contributed by atoms with Crippen molar-refractivity contribution in [1.29, 1.82) is 0 Å². The second kappa shape index (κ2) is 46.8. The van der Waals surface area contributed by atoms with Gasteiger partial charge >= 0.3 is 121 Å². The fourth-order valence-corrected chi connectivity index (χ4v) is 12.7. The average molecular weight is 1830 g/mol. The van der Waals surface area contributed by atoms with Crippen LogP contribution in [0.4, 0.5) is 19.2 Å². The Balaban J connectivity index is 0.00000164. The van der Waals surface area contributed by atoms with Crippen LogP contribution in [0.25, 0.3) is 0 Å². The molecule has 123 heavy (non-hydrogen) atoms. The number of aliphatic hydroxyl groups excluding tert-OH is 1. The standard InChI is InChI=1S/C20H33N3O13S3.C18H27N3O8S.C17H27N3O7.C16H23N3O6.Li.Na.H/c1-20(2,3)34-19(25)23(4)13(11-9-10-12-33-37(6,26)27)16-21-14(18(24)32-5)15(35-38(7,28)29)17(22-16)36-39(8,30)31;1-18(2,3)28-17(24)20(4)11-9-7-8-10-21-14(11)19-12(16(23)27-5)13(15(21)22)29-30(6,25)26;1-17(2,3)27-16(25)20(4)10(8-6-7-9-21)13-18-11(15(24)26-5)12(22)14(23)19-13;1-16(2,3)25-15(24)18(4)9-7-5-6-8-19-12(9)17-10(14(22)23)11(20)13(19)21;;;/h13H,9-12H2,1-8H3;11H,7-10H2,1-6H3;10,21-22H,6-9H2,1-5H3,(H,18,19,23);9,20H,5-8H2,1-4H3,(H,22,23);;;/q;;;;2*+1;-1/p-1. The van der Waals surface area contributed by atoms with E-state index in [1.807, 2.05) is 0 Å². The van der Waals surface area contributed by atoms with E-state index < -0.39 is 204 Å². The number of amides is 4. The van der Waals surface area contributed by atoms with Crippen LogP contribution in [-0.2, 0) is 90.9 Å². The van der Waals surface area contributed by atoms with Gasteiger partial charge in [-0.1, -0.05) is 0 Å². The number of nitrogens with one attached hydrogen (secondary N) is 1. The number of H-pyrrole nitrogens is 1. The van der Waals surface area contributed by atoms with Crippen LogP contribution >= 0.6 is 0 Å². The van der Waals surface area contributed by atoms with Crippen LogP contribution < -0.4 is 82.8 Å². The van der Waals surface area contributed by atoms with Gasteiger partial charge in [0.2, 0.25) is 23.0 Å². The Kier molecular flexibility index (Phi) is 42.6. The number of hydrogen-bond acceptors (Lipinski definition) is 39. The molecule has 52 heteroatoms. The number of unbranched alkanes of at least 4 members (excludes halogenated alkanes) is 2. The number of nitrogens with zero attached hydrogens (tertiary/aromatic N) is 11. The van der Waals surface area contributed by atoms with Crippen molar-refractivity contribution in [2.45, 2.75) is 220 Å². The van der Waals surface area contributed by atoms with Crippen molar-refractivity contribution >= 4 is 88.7 Å². The van der Waals surface area contributed by atoms with Gasteiger partial charge < -0.3 is 96.9 Å². The molecule has 6 rings (SSSR count). The third-order valence-electron chi connectivity index (χ3n) is 16.2. The molecule has 2 aliphatic heterocycles. The van der Waals surface area contributed by atoms with Gasteiger partial charge in [-0.15, -0.1) is 0 Å². The van der Waals surface area contributed by atoms with Crippen molar-refractivity contribution < 1.29 is 192 Å². The number of aromatic amines is 1. The fourth-order valence-electron chi connectivity index (χ4n) is 11.0. The second-order valence-electron chi connectivity index (χ2n) is 31.2. The molecule has 684 valence electrons. The zero-order valence-corrected chi connectivity index (χ0v) is 78.9. The minimum Gasteiger partial charge on any atom is -1.00 e. The molecular formula is C71H110LiN12NaO34S4. The van der Waals surface area contributed by atoms with E-state index in [1.54, 1.807) is 83.1 Å². The predicted octanol–water partition coefficient (Wildman–Crippen LogP) is -1.69. The van der Waals surface area contributed by atoms with Gasteiger partial charge in [0.1, 0.15) is 45.6 Å². The van der Waals surface area contributed by atoms with Gasteiger partial charge in [-0.25, -0.2) is 53.5 Å². The molecule has 0 radical (unpaired) electrons. The molecule has 4 amide bonds. The molecule has 0 spiro atoms. The summed E-state index contributed by atoms with van der Waals surface area (Å²) >= 11 is 0.